The summed E-state index contributed by atoms with van der Waals surface area (Å²) in [6.07, 6.45) is 0. The summed E-state index contributed by atoms with van der Waals surface area (Å²) < 4.78 is 0. The van der Waals surface area contributed by atoms with Crippen molar-refractivity contribution in [3.05, 3.63) is 11.6 Å². The first-order valence-corrected chi connectivity index (χ1v) is 3.54. The number of carbonyl (C=O) groups excluding carboxylic acids is 1. The molecule has 1 N–H and O–H groups in total. The first kappa shape index (κ1) is 7.91. The van der Waals surface area contributed by atoms with Gasteiger partial charge in [-0.25, -0.2) is 4.98 Å². The SMILES string of the molecule is Cc1nc(C(=O)C(C)C)n[nH]1.[HH]. The Morgan fingerprint density at radius 1 is 1.64 bits per heavy atom. The number of Topliss-reactive ketones (excluding diaryl/α,β-unsaturated/α-hetero) is 1. The summed E-state index contributed by atoms with van der Waals surface area (Å²) in [7, 11) is 0. The first-order valence-electron chi connectivity index (χ1n) is 3.54. The molecule has 0 bridgehead atoms. The van der Waals surface area contributed by atoms with Gasteiger partial charge in [0.05, 0.1) is 0 Å². The molecule has 62 valence electrons. The number of carbonyl (C=O) groups is 1. The monoisotopic (exact) mass is 155 g/mol. The van der Waals surface area contributed by atoms with Crippen molar-refractivity contribution in [2.24, 2.45) is 5.92 Å². The van der Waals surface area contributed by atoms with Crippen LogP contribution in [-0.2, 0) is 0 Å². The highest BCUT2D eigenvalue weighted by Gasteiger charge is 2.14. The zero-order valence-electron chi connectivity index (χ0n) is 6.88. The molecule has 0 saturated heterocycles. The maximum absolute atomic E-state index is 11.2. The Kier molecular flexibility index (Phi) is 2.03. The molecule has 1 aromatic heterocycles. The van der Waals surface area contributed by atoms with E-state index in [-0.39, 0.29) is 19.0 Å². The van der Waals surface area contributed by atoms with Crippen molar-refractivity contribution < 1.29 is 6.22 Å². The van der Waals surface area contributed by atoms with Gasteiger partial charge in [0.2, 0.25) is 11.6 Å². The lowest BCUT2D eigenvalue weighted by atomic mass is 10.1. The van der Waals surface area contributed by atoms with Crippen molar-refractivity contribution in [1.82, 2.24) is 15.2 Å². The number of aromatic amines is 1. The van der Waals surface area contributed by atoms with E-state index >= 15 is 0 Å². The lowest BCUT2D eigenvalue weighted by molar-refractivity contribution is 0.0929. The van der Waals surface area contributed by atoms with E-state index in [1.165, 1.54) is 0 Å². The minimum absolute atomic E-state index is 0. The average molecular weight is 155 g/mol. The molecule has 0 saturated carbocycles. The number of aromatic nitrogens is 3. The van der Waals surface area contributed by atoms with Gasteiger partial charge in [0.15, 0.2) is 0 Å². The highest BCUT2D eigenvalue weighted by molar-refractivity contribution is 5.93. The molecule has 0 radical (unpaired) electrons. The summed E-state index contributed by atoms with van der Waals surface area (Å²) >= 11 is 0. The van der Waals surface area contributed by atoms with Crippen LogP contribution in [0.25, 0.3) is 0 Å². The van der Waals surface area contributed by atoms with Gasteiger partial charge < -0.3 is 0 Å². The van der Waals surface area contributed by atoms with Crippen molar-refractivity contribution in [2.45, 2.75) is 20.8 Å². The Hall–Kier alpha value is -1.19. The fourth-order valence-corrected chi connectivity index (χ4v) is 0.711. The summed E-state index contributed by atoms with van der Waals surface area (Å²) in [6.45, 7) is 5.42. The number of hydrogen-bond donors (Lipinski definition) is 1. The number of rotatable bonds is 2. The van der Waals surface area contributed by atoms with E-state index in [9.17, 15) is 4.79 Å². The maximum atomic E-state index is 11.2. The van der Waals surface area contributed by atoms with Gasteiger partial charge in [-0.1, -0.05) is 13.8 Å². The minimum Gasteiger partial charge on any atom is -0.290 e. The third kappa shape index (κ3) is 1.63. The van der Waals surface area contributed by atoms with Gasteiger partial charge in [-0.15, -0.1) is 0 Å². The smallest absolute Gasteiger partial charge is 0.217 e. The van der Waals surface area contributed by atoms with Gasteiger partial charge in [-0.05, 0) is 6.92 Å². The Balaban J connectivity index is 0.00000121. The van der Waals surface area contributed by atoms with Crippen LogP contribution in [0, 0.1) is 12.8 Å². The summed E-state index contributed by atoms with van der Waals surface area (Å²) in [6, 6.07) is 0. The molecule has 1 aromatic rings. The van der Waals surface area contributed by atoms with E-state index in [1.54, 1.807) is 6.92 Å². The number of ketones is 1. The molecular formula is C7H13N3O. The van der Waals surface area contributed by atoms with Crippen LogP contribution in [0.5, 0.6) is 0 Å². The van der Waals surface area contributed by atoms with Crippen molar-refractivity contribution in [3.8, 4) is 0 Å². The minimum atomic E-state index is -0.0369. The summed E-state index contributed by atoms with van der Waals surface area (Å²) in [5, 5.41) is 6.37. The van der Waals surface area contributed by atoms with Gasteiger partial charge >= 0.3 is 0 Å². The molecule has 4 nitrogen and oxygen atoms in total. The van der Waals surface area contributed by atoms with E-state index in [0.29, 0.717) is 5.82 Å². The van der Waals surface area contributed by atoms with Crippen LogP contribution in [0.15, 0.2) is 0 Å². The van der Waals surface area contributed by atoms with Crippen molar-refractivity contribution in [1.29, 1.82) is 0 Å². The zero-order valence-corrected chi connectivity index (χ0v) is 6.88. The Morgan fingerprint density at radius 3 is 2.64 bits per heavy atom. The van der Waals surface area contributed by atoms with E-state index in [4.69, 9.17) is 0 Å². The fourth-order valence-electron chi connectivity index (χ4n) is 0.711. The molecule has 0 amide bonds. The van der Waals surface area contributed by atoms with Crippen LogP contribution in [0.3, 0.4) is 0 Å². The molecule has 0 aliphatic carbocycles. The van der Waals surface area contributed by atoms with Gasteiger partial charge in [0.1, 0.15) is 5.82 Å². The Bertz CT molecular complexity index is 269. The highest BCUT2D eigenvalue weighted by Crippen LogP contribution is 2.02. The largest absolute Gasteiger partial charge is 0.290 e. The normalized spacial score (nSPS) is 10.5. The molecule has 0 aliphatic heterocycles. The Morgan fingerprint density at radius 2 is 2.27 bits per heavy atom. The number of hydrogen-bond acceptors (Lipinski definition) is 3. The van der Waals surface area contributed by atoms with Crippen LogP contribution < -0.4 is 0 Å². The van der Waals surface area contributed by atoms with E-state index < -0.39 is 0 Å². The zero-order chi connectivity index (χ0) is 8.43. The lowest BCUT2D eigenvalue weighted by Gasteiger charge is -1.96. The van der Waals surface area contributed by atoms with Crippen LogP contribution in [0.4, 0.5) is 0 Å². The topological polar surface area (TPSA) is 58.6 Å². The van der Waals surface area contributed by atoms with E-state index in [1.807, 2.05) is 13.8 Å². The highest BCUT2D eigenvalue weighted by atomic mass is 16.1. The number of aryl methyl sites for hydroxylation is 1. The quantitative estimate of drug-likeness (QED) is 0.653. The molecule has 0 aliphatic rings. The van der Waals surface area contributed by atoms with Gasteiger partial charge in [-0.2, -0.15) is 5.10 Å². The lowest BCUT2D eigenvalue weighted by Crippen LogP contribution is -2.09. The first-order chi connectivity index (χ1) is 5.11. The molecule has 0 aromatic carbocycles. The fraction of sp³-hybridized carbons (Fsp3) is 0.571. The Labute approximate surface area is 66.5 Å². The molecule has 1 heterocycles. The molecule has 0 spiro atoms. The standard InChI is InChI=1S/C7H11N3O.H2/c1-4(2)6(11)7-8-5(3)9-10-7;/h4H,1-3H3,(H,8,9,10);1H. The molecule has 4 heteroatoms. The average Bonchev–Trinajstić information content (AvgIpc) is 2.34. The molecule has 0 atom stereocenters. The van der Waals surface area contributed by atoms with Gasteiger partial charge in [-0.3, -0.25) is 9.89 Å². The number of nitrogens with one attached hydrogen (secondary N) is 1. The predicted octanol–water partition coefficient (Wildman–Crippen LogP) is 1.20. The van der Waals surface area contributed by atoms with Crippen molar-refractivity contribution in [3.63, 3.8) is 0 Å². The third-order valence-corrected chi connectivity index (χ3v) is 1.34. The molecule has 11 heavy (non-hydrogen) atoms. The van der Waals surface area contributed by atoms with Crippen LogP contribution in [0.1, 0.15) is 31.7 Å². The summed E-state index contributed by atoms with van der Waals surface area (Å²) in [5.41, 5.74) is 0. The van der Waals surface area contributed by atoms with Crippen molar-refractivity contribution in [2.75, 3.05) is 0 Å². The molecule has 0 fully saturated rings. The van der Waals surface area contributed by atoms with Crippen LogP contribution >= 0.6 is 0 Å². The number of H-pyrrole nitrogens is 1. The van der Waals surface area contributed by atoms with Gasteiger partial charge in [0.25, 0.3) is 0 Å². The van der Waals surface area contributed by atoms with Crippen molar-refractivity contribution >= 4 is 5.78 Å². The second-order valence-corrected chi connectivity index (χ2v) is 2.76. The molecular weight excluding hydrogens is 142 g/mol. The van der Waals surface area contributed by atoms with Gasteiger partial charge in [0, 0.05) is 7.34 Å². The number of nitrogens with zero attached hydrogens (tertiary/aromatic N) is 2. The predicted molar refractivity (Wildman–Crippen MR) is 42.4 cm³/mol. The maximum Gasteiger partial charge on any atom is 0.217 e. The van der Waals surface area contributed by atoms with E-state index in [2.05, 4.69) is 15.2 Å². The summed E-state index contributed by atoms with van der Waals surface area (Å²) in [4.78, 5) is 15.1. The second kappa shape index (κ2) is 2.82. The second-order valence-electron chi connectivity index (χ2n) is 2.76. The van der Waals surface area contributed by atoms with Crippen LogP contribution in [0.2, 0.25) is 0 Å². The summed E-state index contributed by atoms with van der Waals surface area (Å²) in [5.74, 6) is 0.908. The van der Waals surface area contributed by atoms with E-state index in [0.717, 1.165) is 0 Å². The van der Waals surface area contributed by atoms with Crippen LogP contribution in [-0.4, -0.2) is 21.0 Å². The molecule has 1 rings (SSSR count). The third-order valence-electron chi connectivity index (χ3n) is 1.34. The molecule has 0 unspecified atom stereocenters.